The van der Waals surface area contributed by atoms with Gasteiger partial charge in [0.05, 0.1) is 10.6 Å². The second-order valence-electron chi connectivity index (χ2n) is 7.61. The van der Waals surface area contributed by atoms with Crippen LogP contribution in [0.15, 0.2) is 39.1 Å². The zero-order chi connectivity index (χ0) is 22.6. The van der Waals surface area contributed by atoms with Gasteiger partial charge in [0.1, 0.15) is 0 Å². The summed E-state index contributed by atoms with van der Waals surface area (Å²) < 4.78 is 27.3. The van der Waals surface area contributed by atoms with Crippen LogP contribution in [-0.2, 0) is 21.2 Å². The van der Waals surface area contributed by atoms with Crippen molar-refractivity contribution in [1.29, 1.82) is 0 Å². The number of hydrogen-bond donors (Lipinski definition) is 1. The Hall–Kier alpha value is -2.17. The van der Waals surface area contributed by atoms with Crippen molar-refractivity contribution in [2.75, 3.05) is 31.9 Å². The lowest BCUT2D eigenvalue weighted by Gasteiger charge is -2.34. The van der Waals surface area contributed by atoms with Crippen molar-refractivity contribution in [3.05, 3.63) is 51.4 Å². The molecule has 2 aromatic rings. The summed E-state index contributed by atoms with van der Waals surface area (Å²) >= 11 is 1.19. The molecule has 1 saturated heterocycles. The Morgan fingerprint density at radius 3 is 2.48 bits per heavy atom. The summed E-state index contributed by atoms with van der Waals surface area (Å²) in [6, 6.07) is 6.61. The van der Waals surface area contributed by atoms with E-state index in [1.807, 2.05) is 26.8 Å². The third kappa shape index (κ3) is 5.75. The maximum Gasteiger partial charge on any atom is 0.251 e. The highest BCUT2D eigenvalue weighted by Crippen LogP contribution is 2.21. The lowest BCUT2D eigenvalue weighted by atomic mass is 10.1. The quantitative estimate of drug-likeness (QED) is 0.496. The number of aryl methyl sites for hydroxylation is 3. The predicted octanol–water partition coefficient (Wildman–Crippen LogP) is 1.96. The summed E-state index contributed by atoms with van der Waals surface area (Å²) in [4.78, 5) is 33.3. The molecule has 1 aromatic carbocycles. The number of rotatable bonds is 7. The number of carbonyl (C=O) groups excluding carboxylic acids is 1. The van der Waals surface area contributed by atoms with Crippen LogP contribution < -0.4 is 5.56 Å². The van der Waals surface area contributed by atoms with Gasteiger partial charge < -0.3 is 9.88 Å². The summed E-state index contributed by atoms with van der Waals surface area (Å²) in [5, 5.41) is 0.431. The number of amides is 1. The first-order valence-electron chi connectivity index (χ1n) is 10.3. The van der Waals surface area contributed by atoms with Crippen molar-refractivity contribution in [1.82, 2.24) is 19.2 Å². The van der Waals surface area contributed by atoms with Crippen molar-refractivity contribution in [2.24, 2.45) is 0 Å². The van der Waals surface area contributed by atoms with Crippen LogP contribution in [0.2, 0.25) is 0 Å². The van der Waals surface area contributed by atoms with Crippen molar-refractivity contribution < 1.29 is 13.2 Å². The largest absolute Gasteiger partial charge is 0.339 e. The molecule has 0 atom stereocenters. The number of nitrogens with zero attached hydrogens (tertiary/aromatic N) is 3. The highest BCUT2D eigenvalue weighted by Gasteiger charge is 2.30. The summed E-state index contributed by atoms with van der Waals surface area (Å²) in [6.07, 6.45) is 1.59. The molecule has 3 rings (SSSR count). The number of aromatic nitrogens is 2. The zero-order valence-corrected chi connectivity index (χ0v) is 19.7. The molecular weight excluding hydrogens is 436 g/mol. The van der Waals surface area contributed by atoms with Gasteiger partial charge in [0, 0.05) is 37.9 Å². The van der Waals surface area contributed by atoms with Gasteiger partial charge in [-0.15, -0.1) is 0 Å². The van der Waals surface area contributed by atoms with Crippen molar-refractivity contribution in [3.63, 3.8) is 0 Å². The van der Waals surface area contributed by atoms with Gasteiger partial charge >= 0.3 is 0 Å². The normalized spacial score (nSPS) is 15.3. The molecule has 10 heteroatoms. The summed E-state index contributed by atoms with van der Waals surface area (Å²) in [5.41, 5.74) is 2.47. The lowest BCUT2D eigenvalue weighted by Crippen LogP contribution is -2.51. The van der Waals surface area contributed by atoms with Crippen molar-refractivity contribution >= 4 is 27.7 Å². The predicted molar refractivity (Wildman–Crippen MR) is 121 cm³/mol. The van der Waals surface area contributed by atoms with Crippen LogP contribution in [0.1, 0.15) is 30.2 Å². The number of hydrogen-bond acceptors (Lipinski definition) is 6. The van der Waals surface area contributed by atoms with Crippen LogP contribution >= 0.6 is 11.8 Å². The fraction of sp³-hybridized carbons (Fsp3) is 0.476. The van der Waals surface area contributed by atoms with Gasteiger partial charge in [0.2, 0.25) is 15.9 Å². The highest BCUT2D eigenvalue weighted by molar-refractivity contribution is 7.99. The molecule has 2 heterocycles. The smallest absolute Gasteiger partial charge is 0.251 e. The van der Waals surface area contributed by atoms with E-state index in [9.17, 15) is 18.0 Å². The molecule has 1 fully saturated rings. The van der Waals surface area contributed by atoms with E-state index in [1.54, 1.807) is 17.0 Å². The number of benzene rings is 1. The second-order valence-corrected chi connectivity index (χ2v) is 10.5. The standard InChI is InChI=1S/C21H28N4O4S2/c1-4-5-17-13-19(26)23-21(22-17)30-14-20(27)24-8-10-25(11-9-24)31(28,29)18-7-6-15(2)16(3)12-18/h6-7,12-13H,4-5,8-11,14H2,1-3H3,(H,22,23,26). The van der Waals surface area contributed by atoms with Gasteiger partial charge in [-0.2, -0.15) is 4.31 Å². The number of aromatic amines is 1. The number of nitrogens with one attached hydrogen (secondary N) is 1. The molecule has 0 radical (unpaired) electrons. The van der Waals surface area contributed by atoms with Gasteiger partial charge in [-0.05, 0) is 43.5 Å². The van der Waals surface area contributed by atoms with Crippen LogP contribution in [0.4, 0.5) is 0 Å². The summed E-state index contributed by atoms with van der Waals surface area (Å²) in [7, 11) is -3.58. The average Bonchev–Trinajstić information content (AvgIpc) is 2.74. The Morgan fingerprint density at radius 2 is 1.84 bits per heavy atom. The summed E-state index contributed by atoms with van der Waals surface area (Å²) in [5.74, 6) is 0.0411. The minimum Gasteiger partial charge on any atom is -0.339 e. The first kappa shape index (κ1) is 23.5. The number of H-pyrrole nitrogens is 1. The molecule has 168 valence electrons. The van der Waals surface area contributed by atoms with E-state index in [2.05, 4.69) is 9.97 Å². The molecule has 0 spiro atoms. The molecule has 1 aliphatic rings. The van der Waals surface area contributed by atoms with E-state index in [-0.39, 0.29) is 35.2 Å². The monoisotopic (exact) mass is 464 g/mol. The van der Waals surface area contributed by atoms with E-state index in [1.165, 1.54) is 22.1 Å². The number of carbonyl (C=O) groups is 1. The van der Waals surface area contributed by atoms with E-state index < -0.39 is 10.0 Å². The first-order valence-corrected chi connectivity index (χ1v) is 12.7. The number of piperazine rings is 1. The Kier molecular flexibility index (Phi) is 7.55. The molecular formula is C21H28N4O4S2. The van der Waals surface area contributed by atoms with Crippen molar-refractivity contribution in [3.8, 4) is 0 Å². The Morgan fingerprint density at radius 1 is 1.13 bits per heavy atom. The Balaban J connectivity index is 1.57. The molecule has 0 aliphatic carbocycles. The Bertz CT molecular complexity index is 1110. The van der Waals surface area contributed by atoms with Gasteiger partial charge in [-0.25, -0.2) is 13.4 Å². The molecule has 8 nitrogen and oxygen atoms in total. The maximum atomic E-state index is 12.9. The Labute approximate surface area is 187 Å². The number of thioether (sulfide) groups is 1. The highest BCUT2D eigenvalue weighted by atomic mass is 32.2. The van der Waals surface area contributed by atoms with E-state index in [4.69, 9.17) is 0 Å². The fourth-order valence-corrected chi connectivity index (χ4v) is 5.66. The fourth-order valence-electron chi connectivity index (χ4n) is 3.36. The van der Waals surface area contributed by atoms with E-state index >= 15 is 0 Å². The van der Waals surface area contributed by atoms with Crippen molar-refractivity contribution in [2.45, 2.75) is 43.7 Å². The summed E-state index contributed by atoms with van der Waals surface area (Å²) in [6.45, 7) is 7.03. The third-order valence-corrected chi connectivity index (χ3v) is 8.07. The first-order chi connectivity index (χ1) is 14.7. The van der Waals surface area contributed by atoms with Gasteiger partial charge in [0.25, 0.3) is 5.56 Å². The van der Waals surface area contributed by atoms with E-state index in [0.29, 0.717) is 30.4 Å². The third-order valence-electron chi connectivity index (χ3n) is 5.32. The van der Waals surface area contributed by atoms with Crippen LogP contribution in [0.25, 0.3) is 0 Å². The average molecular weight is 465 g/mol. The van der Waals surface area contributed by atoms with Gasteiger partial charge in [-0.3, -0.25) is 9.59 Å². The second kappa shape index (κ2) is 9.97. The van der Waals surface area contributed by atoms with Crippen LogP contribution in [0.5, 0.6) is 0 Å². The SMILES string of the molecule is CCCc1cc(=O)[nH]c(SCC(=O)N2CCN(S(=O)(=O)c3ccc(C)c(C)c3)CC2)n1. The molecule has 0 bridgehead atoms. The molecule has 1 amide bonds. The molecule has 1 aliphatic heterocycles. The molecule has 31 heavy (non-hydrogen) atoms. The van der Waals surface area contributed by atoms with Gasteiger partial charge in [0.15, 0.2) is 5.16 Å². The molecule has 0 saturated carbocycles. The minimum absolute atomic E-state index is 0.100. The van der Waals surface area contributed by atoms with Crippen LogP contribution in [-0.4, -0.2) is 65.4 Å². The van der Waals surface area contributed by atoms with Crippen LogP contribution in [0, 0.1) is 13.8 Å². The lowest BCUT2D eigenvalue weighted by molar-refractivity contribution is -0.129. The number of sulfonamides is 1. The minimum atomic E-state index is -3.58. The molecule has 1 aromatic heterocycles. The zero-order valence-electron chi connectivity index (χ0n) is 18.1. The van der Waals surface area contributed by atoms with Gasteiger partial charge in [-0.1, -0.05) is 31.2 Å². The van der Waals surface area contributed by atoms with E-state index in [0.717, 1.165) is 17.5 Å². The molecule has 0 unspecified atom stereocenters. The topological polar surface area (TPSA) is 103 Å². The maximum absolute atomic E-state index is 12.9. The molecule has 1 N–H and O–H groups in total. The van der Waals surface area contributed by atoms with Crippen LogP contribution in [0.3, 0.4) is 0 Å².